The van der Waals surface area contributed by atoms with E-state index in [9.17, 15) is 4.79 Å². The Morgan fingerprint density at radius 2 is 2.27 bits per heavy atom. The zero-order chi connectivity index (χ0) is 10.8. The van der Waals surface area contributed by atoms with Crippen molar-refractivity contribution in [1.82, 2.24) is 10.2 Å². The van der Waals surface area contributed by atoms with Gasteiger partial charge in [0.25, 0.3) is 0 Å². The summed E-state index contributed by atoms with van der Waals surface area (Å²) in [4.78, 5) is 14.3. The lowest BCUT2D eigenvalue weighted by Gasteiger charge is -2.25. The van der Waals surface area contributed by atoms with E-state index >= 15 is 0 Å². The Kier molecular flexibility index (Phi) is 3.10. The van der Waals surface area contributed by atoms with Crippen molar-refractivity contribution in [2.75, 3.05) is 19.6 Å². The maximum Gasteiger partial charge on any atom is 0.227 e. The van der Waals surface area contributed by atoms with Crippen LogP contribution in [0.2, 0.25) is 0 Å². The molecular weight excluding hydrogens is 188 g/mol. The van der Waals surface area contributed by atoms with Crippen LogP contribution in [-0.4, -0.2) is 36.5 Å². The van der Waals surface area contributed by atoms with Crippen LogP contribution in [0.25, 0.3) is 0 Å². The van der Waals surface area contributed by atoms with Gasteiger partial charge < -0.3 is 10.2 Å². The van der Waals surface area contributed by atoms with Crippen molar-refractivity contribution in [1.29, 1.82) is 0 Å². The van der Waals surface area contributed by atoms with Crippen LogP contribution in [0.4, 0.5) is 0 Å². The molecule has 1 heterocycles. The molecule has 0 radical (unpaired) electrons. The van der Waals surface area contributed by atoms with E-state index in [0.717, 1.165) is 13.1 Å². The first-order valence-electron chi connectivity index (χ1n) is 5.86. The lowest BCUT2D eigenvalue weighted by atomic mass is 9.96. The first-order valence-corrected chi connectivity index (χ1v) is 5.86. The molecule has 1 aliphatic heterocycles. The smallest absolute Gasteiger partial charge is 0.227 e. The number of carbonyl (C=O) groups is 1. The molecule has 2 rings (SSSR count). The monoisotopic (exact) mass is 208 g/mol. The van der Waals surface area contributed by atoms with Gasteiger partial charge in [-0.05, 0) is 25.3 Å². The second-order valence-electron chi connectivity index (χ2n) is 4.75. The van der Waals surface area contributed by atoms with E-state index in [1.165, 1.54) is 12.8 Å². The second-order valence-corrected chi connectivity index (χ2v) is 4.75. The molecule has 15 heavy (non-hydrogen) atoms. The molecule has 0 aromatic carbocycles. The fourth-order valence-corrected chi connectivity index (χ4v) is 2.30. The summed E-state index contributed by atoms with van der Waals surface area (Å²) >= 11 is 0. The standard InChI is InChI=1S/C12H20N2O/c1-3-6-14(10-4-5-10)12(15)11-8-13-7-9(11)2/h3,9-11,13H,1,4-8H2,2H3. The van der Waals surface area contributed by atoms with Crippen LogP contribution < -0.4 is 5.32 Å². The van der Waals surface area contributed by atoms with Crippen LogP contribution in [0.3, 0.4) is 0 Å². The van der Waals surface area contributed by atoms with Gasteiger partial charge in [-0.1, -0.05) is 13.0 Å². The second kappa shape index (κ2) is 4.35. The Morgan fingerprint density at radius 1 is 1.53 bits per heavy atom. The van der Waals surface area contributed by atoms with E-state index < -0.39 is 0 Å². The van der Waals surface area contributed by atoms with Crippen molar-refractivity contribution in [3.63, 3.8) is 0 Å². The van der Waals surface area contributed by atoms with Crippen LogP contribution in [-0.2, 0) is 4.79 Å². The minimum atomic E-state index is 0.186. The maximum atomic E-state index is 12.3. The summed E-state index contributed by atoms with van der Waals surface area (Å²) in [6.07, 6.45) is 4.19. The van der Waals surface area contributed by atoms with E-state index in [1.807, 2.05) is 11.0 Å². The highest BCUT2D eigenvalue weighted by atomic mass is 16.2. The van der Waals surface area contributed by atoms with Gasteiger partial charge in [-0.15, -0.1) is 6.58 Å². The third-order valence-electron chi connectivity index (χ3n) is 3.43. The van der Waals surface area contributed by atoms with Gasteiger partial charge in [0.05, 0.1) is 5.92 Å². The summed E-state index contributed by atoms with van der Waals surface area (Å²) in [5.74, 6) is 0.990. The van der Waals surface area contributed by atoms with Crippen LogP contribution in [0.15, 0.2) is 12.7 Å². The fraction of sp³-hybridized carbons (Fsp3) is 0.750. The molecule has 3 nitrogen and oxygen atoms in total. The minimum Gasteiger partial charge on any atom is -0.336 e. The number of nitrogens with zero attached hydrogens (tertiary/aromatic N) is 1. The molecule has 0 bridgehead atoms. The molecule has 1 amide bonds. The van der Waals surface area contributed by atoms with Crippen molar-refractivity contribution in [3.05, 3.63) is 12.7 Å². The third kappa shape index (κ3) is 2.23. The molecule has 0 aromatic rings. The Labute approximate surface area is 91.5 Å². The quantitative estimate of drug-likeness (QED) is 0.700. The van der Waals surface area contributed by atoms with E-state index in [1.54, 1.807) is 0 Å². The molecule has 2 unspecified atom stereocenters. The molecule has 1 N–H and O–H groups in total. The average Bonchev–Trinajstić information content (AvgIpc) is 2.97. The van der Waals surface area contributed by atoms with Crippen molar-refractivity contribution < 1.29 is 4.79 Å². The van der Waals surface area contributed by atoms with Gasteiger partial charge in [0, 0.05) is 19.1 Å². The molecule has 84 valence electrons. The molecule has 1 saturated heterocycles. The first-order chi connectivity index (χ1) is 7.24. The lowest BCUT2D eigenvalue weighted by molar-refractivity contribution is -0.136. The molecule has 3 heteroatoms. The molecule has 2 atom stereocenters. The van der Waals surface area contributed by atoms with E-state index in [2.05, 4.69) is 18.8 Å². The Morgan fingerprint density at radius 3 is 2.73 bits per heavy atom. The summed E-state index contributed by atoms with van der Waals surface area (Å²) in [5, 5.41) is 3.29. The predicted octanol–water partition coefficient (Wildman–Crippen LogP) is 1.02. The Hall–Kier alpha value is -0.830. The SMILES string of the molecule is C=CCN(C(=O)C1CNCC1C)C1CC1. The number of amides is 1. The predicted molar refractivity (Wildman–Crippen MR) is 60.5 cm³/mol. The average molecular weight is 208 g/mol. The molecule has 1 saturated carbocycles. The molecule has 2 aliphatic rings. The molecule has 2 fully saturated rings. The highest BCUT2D eigenvalue weighted by Gasteiger charge is 2.38. The molecule has 0 spiro atoms. The number of rotatable bonds is 4. The van der Waals surface area contributed by atoms with Crippen molar-refractivity contribution in [3.8, 4) is 0 Å². The van der Waals surface area contributed by atoms with Crippen molar-refractivity contribution in [2.45, 2.75) is 25.8 Å². The highest BCUT2D eigenvalue weighted by Crippen LogP contribution is 2.30. The largest absolute Gasteiger partial charge is 0.336 e. The zero-order valence-electron chi connectivity index (χ0n) is 9.41. The number of carbonyl (C=O) groups excluding carboxylic acids is 1. The summed E-state index contributed by atoms with van der Waals surface area (Å²) in [6.45, 7) is 8.42. The van der Waals surface area contributed by atoms with Gasteiger partial charge in [0.15, 0.2) is 0 Å². The third-order valence-corrected chi connectivity index (χ3v) is 3.43. The maximum absolute atomic E-state index is 12.3. The lowest BCUT2D eigenvalue weighted by Crippen LogP contribution is -2.40. The molecule has 0 aromatic heterocycles. The van der Waals surface area contributed by atoms with Crippen LogP contribution >= 0.6 is 0 Å². The normalized spacial score (nSPS) is 30.2. The summed E-state index contributed by atoms with van der Waals surface area (Å²) in [5.41, 5.74) is 0. The van der Waals surface area contributed by atoms with Gasteiger partial charge in [0.2, 0.25) is 5.91 Å². The van der Waals surface area contributed by atoms with Crippen molar-refractivity contribution >= 4 is 5.91 Å². The van der Waals surface area contributed by atoms with Gasteiger partial charge in [0.1, 0.15) is 0 Å². The van der Waals surface area contributed by atoms with Crippen LogP contribution in [0.5, 0.6) is 0 Å². The topological polar surface area (TPSA) is 32.3 Å². The summed E-state index contributed by atoms with van der Waals surface area (Å²) < 4.78 is 0. The van der Waals surface area contributed by atoms with E-state index in [0.29, 0.717) is 24.4 Å². The summed E-state index contributed by atoms with van der Waals surface area (Å²) in [6, 6.07) is 0.503. The highest BCUT2D eigenvalue weighted by molar-refractivity contribution is 5.80. The van der Waals surface area contributed by atoms with E-state index in [-0.39, 0.29) is 5.92 Å². The zero-order valence-corrected chi connectivity index (χ0v) is 9.41. The number of nitrogens with one attached hydrogen (secondary N) is 1. The molecule has 1 aliphatic carbocycles. The molecular formula is C12H20N2O. The summed E-state index contributed by atoms with van der Waals surface area (Å²) in [7, 11) is 0. The van der Waals surface area contributed by atoms with Gasteiger partial charge in [-0.2, -0.15) is 0 Å². The van der Waals surface area contributed by atoms with Gasteiger partial charge in [-0.3, -0.25) is 4.79 Å². The van der Waals surface area contributed by atoms with Crippen LogP contribution in [0, 0.1) is 11.8 Å². The van der Waals surface area contributed by atoms with Crippen molar-refractivity contribution in [2.24, 2.45) is 11.8 Å². The van der Waals surface area contributed by atoms with Gasteiger partial charge in [-0.25, -0.2) is 0 Å². The first kappa shape index (κ1) is 10.7. The van der Waals surface area contributed by atoms with E-state index in [4.69, 9.17) is 0 Å². The fourth-order valence-electron chi connectivity index (χ4n) is 2.30. The number of hydrogen-bond acceptors (Lipinski definition) is 2. The number of hydrogen-bond donors (Lipinski definition) is 1. The van der Waals surface area contributed by atoms with Crippen LogP contribution in [0.1, 0.15) is 19.8 Å². The van der Waals surface area contributed by atoms with Gasteiger partial charge >= 0.3 is 0 Å². The Bertz CT molecular complexity index is 260. The Balaban J connectivity index is 1.99. The minimum absolute atomic E-state index is 0.186.